The molecule has 0 heterocycles. The van der Waals surface area contributed by atoms with Gasteiger partial charge in [-0.25, -0.2) is 4.79 Å². The highest BCUT2D eigenvalue weighted by Gasteiger charge is 2.41. The first-order valence-electron chi connectivity index (χ1n) is 4.93. The number of esters is 1. The zero-order valence-electron chi connectivity index (χ0n) is 9.44. The summed E-state index contributed by atoms with van der Waals surface area (Å²) in [6, 6.07) is 0. The van der Waals surface area contributed by atoms with Gasteiger partial charge in [0.05, 0.1) is 6.61 Å². The lowest BCUT2D eigenvalue weighted by molar-refractivity contribution is -0.163. The van der Waals surface area contributed by atoms with Crippen LogP contribution in [0.5, 0.6) is 0 Å². The van der Waals surface area contributed by atoms with E-state index < -0.39 is 41.3 Å². The van der Waals surface area contributed by atoms with E-state index in [9.17, 15) is 9.59 Å². The SMILES string of the molecule is O=C(OCC(CO)(CCO)C(=O)O)C(S)(S)CS. The number of carboxylic acids is 1. The summed E-state index contributed by atoms with van der Waals surface area (Å²) in [6.07, 6.45) is -0.237. The summed E-state index contributed by atoms with van der Waals surface area (Å²) < 4.78 is 3.33. The Morgan fingerprint density at radius 1 is 1.22 bits per heavy atom. The monoisotopic (exact) mass is 316 g/mol. The molecule has 3 N–H and O–H groups in total. The second kappa shape index (κ2) is 7.49. The number of aliphatic hydroxyl groups is 2. The third kappa shape index (κ3) is 4.54. The van der Waals surface area contributed by atoms with Crippen LogP contribution in [0.25, 0.3) is 0 Å². The third-order valence-electron chi connectivity index (χ3n) is 2.37. The molecule has 6 nitrogen and oxygen atoms in total. The van der Waals surface area contributed by atoms with Crippen LogP contribution in [0.1, 0.15) is 6.42 Å². The Morgan fingerprint density at radius 2 is 1.78 bits per heavy atom. The van der Waals surface area contributed by atoms with E-state index in [1.165, 1.54) is 0 Å². The molecule has 106 valence electrons. The molecule has 0 rings (SSSR count). The molecule has 0 bridgehead atoms. The lowest BCUT2D eigenvalue weighted by Gasteiger charge is -2.27. The number of carbonyl (C=O) groups is 2. The summed E-state index contributed by atoms with van der Waals surface area (Å²) in [6.45, 7) is -1.79. The van der Waals surface area contributed by atoms with Crippen LogP contribution in [0.15, 0.2) is 0 Å². The van der Waals surface area contributed by atoms with Crippen LogP contribution in [-0.4, -0.2) is 56.9 Å². The number of carboxylic acid groups (broad SMARTS) is 1. The minimum absolute atomic E-state index is 0.0166. The van der Waals surface area contributed by atoms with Crippen LogP contribution >= 0.6 is 37.9 Å². The maximum atomic E-state index is 11.5. The largest absolute Gasteiger partial charge is 0.481 e. The van der Waals surface area contributed by atoms with Crippen LogP contribution in [0.4, 0.5) is 0 Å². The predicted octanol–water partition coefficient (Wildman–Crippen LogP) is -0.539. The van der Waals surface area contributed by atoms with Gasteiger partial charge in [-0.3, -0.25) is 4.79 Å². The Morgan fingerprint density at radius 3 is 2.11 bits per heavy atom. The van der Waals surface area contributed by atoms with Gasteiger partial charge < -0.3 is 20.1 Å². The highest BCUT2D eigenvalue weighted by Crippen LogP contribution is 2.27. The topological polar surface area (TPSA) is 104 Å². The van der Waals surface area contributed by atoms with Gasteiger partial charge in [-0.1, -0.05) is 0 Å². The molecule has 0 amide bonds. The molecule has 0 aromatic carbocycles. The summed E-state index contributed by atoms with van der Waals surface area (Å²) in [7, 11) is 0. The second-order valence-electron chi connectivity index (χ2n) is 3.77. The molecule has 0 aliphatic carbocycles. The van der Waals surface area contributed by atoms with Gasteiger partial charge in [-0.05, 0) is 6.42 Å². The summed E-state index contributed by atoms with van der Waals surface area (Å²) in [5, 5.41) is 26.9. The van der Waals surface area contributed by atoms with Gasteiger partial charge in [-0.15, -0.1) is 25.3 Å². The highest BCUT2D eigenvalue weighted by molar-refractivity contribution is 8.03. The van der Waals surface area contributed by atoms with E-state index in [0.29, 0.717) is 0 Å². The summed E-state index contributed by atoms with van der Waals surface area (Å²) >= 11 is 11.6. The number of aliphatic hydroxyl groups excluding tert-OH is 2. The number of aliphatic carboxylic acids is 1. The molecule has 0 saturated carbocycles. The van der Waals surface area contributed by atoms with Crippen molar-refractivity contribution in [3.8, 4) is 0 Å². The van der Waals surface area contributed by atoms with Crippen molar-refractivity contribution in [2.24, 2.45) is 5.41 Å². The predicted molar refractivity (Wildman–Crippen MR) is 74.4 cm³/mol. The Kier molecular flexibility index (Phi) is 7.45. The zero-order chi connectivity index (χ0) is 14.4. The van der Waals surface area contributed by atoms with Gasteiger partial charge in [0.15, 0.2) is 4.08 Å². The maximum absolute atomic E-state index is 11.5. The van der Waals surface area contributed by atoms with Crippen molar-refractivity contribution in [1.82, 2.24) is 0 Å². The standard InChI is InChI=1S/C9H16O6S3/c10-2-1-8(3-11,6(12)13)4-15-7(14)9(17,18)5-16/h10-11,16-18H,1-5H2,(H,12,13). The van der Waals surface area contributed by atoms with E-state index in [1.807, 2.05) is 0 Å². The molecule has 0 saturated heterocycles. The molecular formula is C9H16O6S3. The molecule has 18 heavy (non-hydrogen) atoms. The zero-order valence-corrected chi connectivity index (χ0v) is 12.1. The quantitative estimate of drug-likeness (QED) is 0.204. The third-order valence-corrected chi connectivity index (χ3v) is 4.03. The van der Waals surface area contributed by atoms with E-state index in [4.69, 9.17) is 20.1 Å². The van der Waals surface area contributed by atoms with Crippen molar-refractivity contribution < 1.29 is 29.6 Å². The number of hydrogen-bond acceptors (Lipinski definition) is 8. The average molecular weight is 316 g/mol. The van der Waals surface area contributed by atoms with Crippen LogP contribution < -0.4 is 0 Å². The molecule has 1 atom stereocenters. The van der Waals surface area contributed by atoms with Gasteiger partial charge in [0.1, 0.15) is 12.0 Å². The minimum Gasteiger partial charge on any atom is -0.481 e. The molecule has 1 unspecified atom stereocenters. The minimum atomic E-state index is -1.72. The van der Waals surface area contributed by atoms with E-state index in [2.05, 4.69) is 37.9 Å². The number of thiol groups is 3. The average Bonchev–Trinajstić information content (AvgIpc) is 2.33. The van der Waals surface area contributed by atoms with Gasteiger partial charge in [0.25, 0.3) is 0 Å². The first-order valence-corrected chi connectivity index (χ1v) is 6.46. The van der Waals surface area contributed by atoms with Gasteiger partial charge in [0, 0.05) is 12.4 Å². The number of carbonyl (C=O) groups excluding carboxylic acids is 1. The first kappa shape index (κ1) is 17.9. The van der Waals surface area contributed by atoms with Crippen molar-refractivity contribution in [3.63, 3.8) is 0 Å². The Labute approximate surface area is 121 Å². The number of rotatable bonds is 8. The molecular weight excluding hydrogens is 300 g/mol. The second-order valence-corrected chi connectivity index (χ2v) is 5.96. The highest BCUT2D eigenvalue weighted by atomic mass is 32.2. The van der Waals surface area contributed by atoms with Gasteiger partial charge in [0.2, 0.25) is 0 Å². The van der Waals surface area contributed by atoms with Crippen molar-refractivity contribution in [2.45, 2.75) is 10.5 Å². The molecule has 0 aromatic heterocycles. The van der Waals surface area contributed by atoms with Crippen LogP contribution in [-0.2, 0) is 14.3 Å². The fraction of sp³-hybridized carbons (Fsp3) is 0.778. The molecule has 0 fully saturated rings. The molecule has 0 aliphatic heterocycles. The van der Waals surface area contributed by atoms with Crippen molar-refractivity contribution >= 4 is 49.8 Å². The maximum Gasteiger partial charge on any atom is 0.332 e. The van der Waals surface area contributed by atoms with E-state index in [0.717, 1.165) is 0 Å². The molecule has 0 spiro atoms. The summed E-state index contributed by atoms with van der Waals surface area (Å²) in [5.41, 5.74) is -1.72. The molecule has 0 aliphatic rings. The van der Waals surface area contributed by atoms with Crippen molar-refractivity contribution in [1.29, 1.82) is 0 Å². The Bertz CT molecular complexity index is 309. The smallest absolute Gasteiger partial charge is 0.332 e. The van der Waals surface area contributed by atoms with E-state index >= 15 is 0 Å². The number of hydrogen-bond donors (Lipinski definition) is 6. The fourth-order valence-corrected chi connectivity index (χ4v) is 1.29. The van der Waals surface area contributed by atoms with Gasteiger partial charge >= 0.3 is 11.9 Å². The Hall–Kier alpha value is -0.0900. The molecule has 0 aromatic rings. The van der Waals surface area contributed by atoms with Gasteiger partial charge in [-0.2, -0.15) is 12.6 Å². The van der Waals surface area contributed by atoms with Crippen LogP contribution in [0.2, 0.25) is 0 Å². The van der Waals surface area contributed by atoms with E-state index in [1.54, 1.807) is 0 Å². The first-order chi connectivity index (χ1) is 8.25. The fourth-order valence-electron chi connectivity index (χ4n) is 1.03. The molecule has 0 radical (unpaired) electrons. The van der Waals surface area contributed by atoms with Crippen LogP contribution in [0, 0.1) is 5.41 Å². The van der Waals surface area contributed by atoms with Crippen molar-refractivity contribution in [3.05, 3.63) is 0 Å². The molecule has 9 heteroatoms. The Balaban J connectivity index is 4.73. The lowest BCUT2D eigenvalue weighted by Crippen LogP contribution is -2.43. The van der Waals surface area contributed by atoms with E-state index in [-0.39, 0.29) is 12.2 Å². The summed E-state index contributed by atoms with van der Waals surface area (Å²) in [5.74, 6) is -2.24. The van der Waals surface area contributed by atoms with Crippen LogP contribution in [0.3, 0.4) is 0 Å². The van der Waals surface area contributed by atoms with Crippen molar-refractivity contribution in [2.75, 3.05) is 25.6 Å². The normalized spacial score (nSPS) is 14.9. The number of ether oxygens (including phenoxy) is 1. The summed E-state index contributed by atoms with van der Waals surface area (Å²) in [4.78, 5) is 22.6. The lowest BCUT2D eigenvalue weighted by atomic mass is 9.87.